The van der Waals surface area contributed by atoms with Crippen molar-refractivity contribution in [2.24, 2.45) is 17.6 Å². The van der Waals surface area contributed by atoms with Crippen LogP contribution in [-0.4, -0.2) is 24.7 Å². The number of hydrogen-bond donors (Lipinski definition) is 1. The average Bonchev–Trinajstić information content (AvgIpc) is 3.07. The second-order valence-electron chi connectivity index (χ2n) is 7.68. The number of benzene rings is 1. The van der Waals surface area contributed by atoms with Crippen molar-refractivity contribution in [1.82, 2.24) is 4.98 Å². The molecule has 1 aromatic carbocycles. The third-order valence-corrected chi connectivity index (χ3v) is 6.60. The number of fused-ring (bicyclic) bond motifs is 1. The Balaban J connectivity index is 1.67. The van der Waals surface area contributed by atoms with E-state index in [0.29, 0.717) is 18.4 Å². The van der Waals surface area contributed by atoms with Crippen molar-refractivity contribution in [1.29, 1.82) is 0 Å². The van der Waals surface area contributed by atoms with Crippen LogP contribution in [0, 0.1) is 11.8 Å². The van der Waals surface area contributed by atoms with Crippen molar-refractivity contribution in [3.05, 3.63) is 40.9 Å². The molecule has 1 atom stereocenters. The topological polar surface area (TPSA) is 48.1 Å². The van der Waals surface area contributed by atoms with Gasteiger partial charge in [0.1, 0.15) is 0 Å². The standard InChI is InChI=1S/C22H32N2OS/c1-16(2)19-6-8-20-21(15-19)26-22(24-20)9-7-17(5-3-4-12-23)18-10-13-25-14-11-18/h3-4,6,8,15-18H,5,7,9-14,23H2,1-2H3/b4-3+. The second kappa shape index (κ2) is 9.63. The van der Waals surface area contributed by atoms with Crippen molar-refractivity contribution < 1.29 is 4.74 Å². The molecule has 1 saturated heterocycles. The molecule has 0 aliphatic carbocycles. The second-order valence-corrected chi connectivity index (χ2v) is 8.80. The van der Waals surface area contributed by atoms with Crippen molar-refractivity contribution in [2.45, 2.75) is 51.9 Å². The summed E-state index contributed by atoms with van der Waals surface area (Å²) < 4.78 is 6.89. The molecule has 2 N–H and O–H groups in total. The summed E-state index contributed by atoms with van der Waals surface area (Å²) in [6.07, 6.45) is 10.2. The fourth-order valence-electron chi connectivity index (χ4n) is 3.86. The first-order chi connectivity index (χ1) is 12.7. The van der Waals surface area contributed by atoms with Crippen LogP contribution in [0.4, 0.5) is 0 Å². The largest absolute Gasteiger partial charge is 0.381 e. The van der Waals surface area contributed by atoms with E-state index in [1.54, 1.807) is 0 Å². The minimum atomic E-state index is 0.567. The lowest BCUT2D eigenvalue weighted by Crippen LogP contribution is -2.23. The quantitative estimate of drug-likeness (QED) is 0.640. The molecule has 1 aliphatic rings. The fourth-order valence-corrected chi connectivity index (χ4v) is 4.90. The Morgan fingerprint density at radius 1 is 1.27 bits per heavy atom. The summed E-state index contributed by atoms with van der Waals surface area (Å²) in [5.74, 6) is 2.05. The van der Waals surface area contributed by atoms with Gasteiger partial charge in [0.25, 0.3) is 0 Å². The Hall–Kier alpha value is -1.23. The molecule has 1 aromatic heterocycles. The summed E-state index contributed by atoms with van der Waals surface area (Å²) in [5.41, 5.74) is 8.17. The number of aryl methyl sites for hydroxylation is 1. The van der Waals surface area contributed by atoms with Gasteiger partial charge < -0.3 is 10.5 Å². The molecule has 2 heterocycles. The summed E-state index contributed by atoms with van der Waals surface area (Å²) in [6.45, 7) is 6.96. The van der Waals surface area contributed by atoms with Gasteiger partial charge in [-0.05, 0) is 67.6 Å². The van der Waals surface area contributed by atoms with E-state index in [2.05, 4.69) is 44.2 Å². The maximum Gasteiger partial charge on any atom is 0.0938 e. The Morgan fingerprint density at radius 3 is 2.81 bits per heavy atom. The highest BCUT2D eigenvalue weighted by Crippen LogP contribution is 2.32. The first-order valence-corrected chi connectivity index (χ1v) is 10.8. The van der Waals surface area contributed by atoms with Crippen molar-refractivity contribution in [2.75, 3.05) is 19.8 Å². The molecule has 1 fully saturated rings. The molecule has 0 radical (unpaired) electrons. The van der Waals surface area contributed by atoms with Crippen molar-refractivity contribution in [3.63, 3.8) is 0 Å². The number of ether oxygens (including phenoxy) is 1. The Bertz CT molecular complexity index is 716. The van der Waals surface area contributed by atoms with E-state index in [1.807, 2.05) is 11.3 Å². The van der Waals surface area contributed by atoms with Crippen LogP contribution in [-0.2, 0) is 11.2 Å². The fraction of sp³-hybridized carbons (Fsp3) is 0.591. The first kappa shape index (κ1) is 19.5. The minimum absolute atomic E-state index is 0.567. The Labute approximate surface area is 161 Å². The summed E-state index contributed by atoms with van der Waals surface area (Å²) in [6, 6.07) is 6.73. The lowest BCUT2D eigenvalue weighted by atomic mass is 9.81. The lowest BCUT2D eigenvalue weighted by molar-refractivity contribution is 0.0454. The molecular weight excluding hydrogens is 340 g/mol. The molecule has 0 amide bonds. The summed E-state index contributed by atoms with van der Waals surface area (Å²) in [7, 11) is 0. The SMILES string of the molecule is CC(C)c1ccc2nc(CCC(C/C=C/CN)C3CCOCC3)sc2c1. The highest BCUT2D eigenvalue weighted by molar-refractivity contribution is 7.18. The minimum Gasteiger partial charge on any atom is -0.381 e. The third-order valence-electron chi connectivity index (χ3n) is 5.53. The Morgan fingerprint density at radius 2 is 2.08 bits per heavy atom. The highest BCUT2D eigenvalue weighted by atomic mass is 32.1. The summed E-state index contributed by atoms with van der Waals surface area (Å²) in [4.78, 5) is 4.88. The number of rotatable bonds is 8. The number of allylic oxidation sites excluding steroid dienone is 1. The molecule has 3 rings (SSSR count). The van der Waals surface area contributed by atoms with Crippen LogP contribution in [0.3, 0.4) is 0 Å². The monoisotopic (exact) mass is 372 g/mol. The predicted octanol–water partition coefficient (Wildman–Crippen LogP) is 5.30. The molecule has 0 saturated carbocycles. The van der Waals surface area contributed by atoms with Crippen LogP contribution >= 0.6 is 11.3 Å². The molecule has 142 valence electrons. The van der Waals surface area contributed by atoms with E-state index in [0.717, 1.165) is 37.5 Å². The molecular formula is C22H32N2OS. The number of aromatic nitrogens is 1. The average molecular weight is 373 g/mol. The smallest absolute Gasteiger partial charge is 0.0938 e. The number of nitrogens with zero attached hydrogens (tertiary/aromatic N) is 1. The molecule has 3 nitrogen and oxygen atoms in total. The third kappa shape index (κ3) is 5.15. The van der Waals surface area contributed by atoms with Gasteiger partial charge in [-0.25, -0.2) is 4.98 Å². The first-order valence-electron chi connectivity index (χ1n) is 9.99. The van der Waals surface area contributed by atoms with Gasteiger partial charge in [-0.2, -0.15) is 0 Å². The van der Waals surface area contributed by atoms with Gasteiger partial charge in [-0.3, -0.25) is 0 Å². The van der Waals surface area contributed by atoms with E-state index in [4.69, 9.17) is 15.5 Å². The van der Waals surface area contributed by atoms with E-state index in [9.17, 15) is 0 Å². The van der Waals surface area contributed by atoms with Crippen LogP contribution in [0.2, 0.25) is 0 Å². The molecule has 2 aromatic rings. The van der Waals surface area contributed by atoms with E-state index in [1.165, 1.54) is 34.5 Å². The number of nitrogens with two attached hydrogens (primary N) is 1. The number of thiazole rings is 1. The zero-order valence-electron chi connectivity index (χ0n) is 16.1. The van der Waals surface area contributed by atoms with Gasteiger partial charge in [0.2, 0.25) is 0 Å². The van der Waals surface area contributed by atoms with Crippen LogP contribution in [0.1, 0.15) is 56.0 Å². The Kier molecular flexibility index (Phi) is 7.23. The van der Waals surface area contributed by atoms with Crippen LogP contribution in [0.25, 0.3) is 10.2 Å². The molecule has 26 heavy (non-hydrogen) atoms. The number of hydrogen-bond acceptors (Lipinski definition) is 4. The molecule has 0 spiro atoms. The molecule has 1 aliphatic heterocycles. The van der Waals surface area contributed by atoms with Gasteiger partial charge in [0.15, 0.2) is 0 Å². The van der Waals surface area contributed by atoms with Crippen molar-refractivity contribution in [3.8, 4) is 0 Å². The zero-order chi connectivity index (χ0) is 18.4. The van der Waals surface area contributed by atoms with Gasteiger partial charge in [-0.1, -0.05) is 32.1 Å². The van der Waals surface area contributed by atoms with Gasteiger partial charge in [0, 0.05) is 19.8 Å². The maximum absolute atomic E-state index is 5.62. The van der Waals surface area contributed by atoms with Gasteiger partial charge in [0.05, 0.1) is 15.2 Å². The highest BCUT2D eigenvalue weighted by Gasteiger charge is 2.23. The van der Waals surface area contributed by atoms with Gasteiger partial charge in [-0.15, -0.1) is 11.3 Å². The predicted molar refractivity (Wildman–Crippen MR) is 112 cm³/mol. The van der Waals surface area contributed by atoms with Crippen LogP contribution in [0.15, 0.2) is 30.4 Å². The van der Waals surface area contributed by atoms with E-state index < -0.39 is 0 Å². The summed E-state index contributed by atoms with van der Waals surface area (Å²) in [5, 5.41) is 1.28. The normalized spacial score (nSPS) is 17.5. The molecule has 0 bridgehead atoms. The van der Waals surface area contributed by atoms with Gasteiger partial charge >= 0.3 is 0 Å². The zero-order valence-corrected chi connectivity index (χ0v) is 16.9. The lowest BCUT2D eigenvalue weighted by Gasteiger charge is -2.29. The molecule has 1 unspecified atom stereocenters. The van der Waals surface area contributed by atoms with Crippen LogP contribution < -0.4 is 5.73 Å². The maximum atomic E-state index is 5.62. The summed E-state index contributed by atoms with van der Waals surface area (Å²) >= 11 is 1.87. The van der Waals surface area contributed by atoms with Crippen molar-refractivity contribution >= 4 is 21.6 Å². The van der Waals surface area contributed by atoms with E-state index in [-0.39, 0.29) is 0 Å². The molecule has 4 heteroatoms. The van der Waals surface area contributed by atoms with Crippen LogP contribution in [0.5, 0.6) is 0 Å². The van der Waals surface area contributed by atoms with E-state index >= 15 is 0 Å².